The summed E-state index contributed by atoms with van der Waals surface area (Å²) in [4.78, 5) is 17.1. The number of ether oxygens (including phenoxy) is 1. The lowest BCUT2D eigenvalue weighted by Gasteiger charge is -2.16. The topological polar surface area (TPSA) is 65.7 Å². The van der Waals surface area contributed by atoms with Crippen LogP contribution in [0.3, 0.4) is 0 Å². The molecule has 0 fully saturated rings. The molecule has 0 radical (unpaired) electrons. The van der Waals surface area contributed by atoms with Gasteiger partial charge in [-0.3, -0.25) is 0 Å². The van der Waals surface area contributed by atoms with Crippen LogP contribution in [0.15, 0.2) is 37.1 Å². The van der Waals surface area contributed by atoms with Gasteiger partial charge in [0.2, 0.25) is 5.88 Å². The molecule has 0 saturated carbocycles. The third-order valence-electron chi connectivity index (χ3n) is 3.85. The Morgan fingerprint density at radius 3 is 2.73 bits per heavy atom. The van der Waals surface area contributed by atoms with E-state index < -0.39 is 5.82 Å². The summed E-state index contributed by atoms with van der Waals surface area (Å²) in [5.74, 6) is 0.674. The van der Waals surface area contributed by atoms with Crippen molar-refractivity contribution in [3.8, 4) is 17.4 Å². The minimum absolute atomic E-state index is 0.0276. The highest BCUT2D eigenvalue weighted by Gasteiger charge is 2.17. The summed E-state index contributed by atoms with van der Waals surface area (Å²) < 4.78 is 21.8. The maximum Gasteiger partial charge on any atom is 0.220 e. The molecule has 0 aliphatic heterocycles. The minimum Gasteiger partial charge on any atom is -0.475 e. The summed E-state index contributed by atoms with van der Waals surface area (Å²) in [6.45, 7) is 6.48. The van der Waals surface area contributed by atoms with Gasteiger partial charge in [-0.05, 0) is 32.4 Å². The zero-order chi connectivity index (χ0) is 18.5. The zero-order valence-electron chi connectivity index (χ0n) is 15.2. The lowest BCUT2D eigenvalue weighted by atomic mass is 10.1. The lowest BCUT2D eigenvalue weighted by Crippen LogP contribution is -2.13. The molecule has 0 unspecified atom stereocenters. The van der Waals surface area contributed by atoms with E-state index in [1.54, 1.807) is 24.7 Å². The van der Waals surface area contributed by atoms with Gasteiger partial charge < -0.3 is 9.30 Å². The van der Waals surface area contributed by atoms with Crippen molar-refractivity contribution in [2.45, 2.75) is 46.3 Å². The SMILES string of the molecule is CCCc1c(Cn2ccnc2-c2ncccc2F)ncnc1OC(C)C. The van der Waals surface area contributed by atoms with Crippen molar-refractivity contribution in [2.75, 3.05) is 0 Å². The Labute approximate surface area is 152 Å². The van der Waals surface area contributed by atoms with E-state index in [1.807, 2.05) is 18.4 Å². The Hall–Kier alpha value is -2.83. The quantitative estimate of drug-likeness (QED) is 0.647. The summed E-state index contributed by atoms with van der Waals surface area (Å²) in [6.07, 6.45) is 8.27. The third kappa shape index (κ3) is 3.87. The van der Waals surface area contributed by atoms with Crippen LogP contribution in [0.4, 0.5) is 4.39 Å². The fourth-order valence-electron chi connectivity index (χ4n) is 2.76. The van der Waals surface area contributed by atoms with E-state index in [1.165, 1.54) is 12.4 Å². The fourth-order valence-corrected chi connectivity index (χ4v) is 2.76. The minimum atomic E-state index is -0.403. The van der Waals surface area contributed by atoms with Crippen LogP contribution in [-0.2, 0) is 13.0 Å². The molecular weight excluding hydrogens is 333 g/mol. The maximum atomic E-state index is 14.1. The van der Waals surface area contributed by atoms with Crippen molar-refractivity contribution in [2.24, 2.45) is 0 Å². The molecule has 3 aromatic rings. The highest BCUT2D eigenvalue weighted by atomic mass is 19.1. The lowest BCUT2D eigenvalue weighted by molar-refractivity contribution is 0.229. The number of hydrogen-bond donors (Lipinski definition) is 0. The van der Waals surface area contributed by atoms with Gasteiger partial charge in [-0.25, -0.2) is 24.3 Å². The molecule has 3 heterocycles. The second-order valence-corrected chi connectivity index (χ2v) is 6.23. The first kappa shape index (κ1) is 18.0. The van der Waals surface area contributed by atoms with Gasteiger partial charge in [-0.15, -0.1) is 0 Å². The van der Waals surface area contributed by atoms with Crippen LogP contribution in [0.5, 0.6) is 5.88 Å². The number of pyridine rings is 1. The van der Waals surface area contributed by atoms with Crippen molar-refractivity contribution in [1.82, 2.24) is 24.5 Å². The van der Waals surface area contributed by atoms with Crippen LogP contribution in [0.2, 0.25) is 0 Å². The predicted molar refractivity (Wildman–Crippen MR) is 96.3 cm³/mol. The molecule has 0 amide bonds. The van der Waals surface area contributed by atoms with Crippen LogP contribution in [-0.4, -0.2) is 30.6 Å². The fraction of sp³-hybridized carbons (Fsp3) is 0.368. The predicted octanol–water partition coefficient (Wildman–Crippen LogP) is 3.66. The van der Waals surface area contributed by atoms with Gasteiger partial charge in [0.05, 0.1) is 18.3 Å². The molecule has 3 aromatic heterocycles. The van der Waals surface area contributed by atoms with Crippen molar-refractivity contribution in [1.29, 1.82) is 0 Å². The van der Waals surface area contributed by atoms with E-state index in [2.05, 4.69) is 26.9 Å². The van der Waals surface area contributed by atoms with Crippen LogP contribution >= 0.6 is 0 Å². The first-order valence-electron chi connectivity index (χ1n) is 8.71. The van der Waals surface area contributed by atoms with Gasteiger partial charge >= 0.3 is 0 Å². The molecule has 136 valence electrons. The van der Waals surface area contributed by atoms with Crippen LogP contribution in [0, 0.1) is 5.82 Å². The van der Waals surface area contributed by atoms with Crippen molar-refractivity contribution in [3.05, 3.63) is 54.1 Å². The molecule has 0 aromatic carbocycles. The Morgan fingerprint density at radius 1 is 1.15 bits per heavy atom. The highest BCUT2D eigenvalue weighted by molar-refractivity contribution is 5.50. The third-order valence-corrected chi connectivity index (χ3v) is 3.85. The van der Waals surface area contributed by atoms with Gasteiger partial charge in [0.1, 0.15) is 12.0 Å². The monoisotopic (exact) mass is 355 g/mol. The second kappa shape index (κ2) is 8.03. The average Bonchev–Trinajstić information content (AvgIpc) is 3.05. The molecule has 3 rings (SSSR count). The Balaban J connectivity index is 1.98. The smallest absolute Gasteiger partial charge is 0.220 e. The van der Waals surface area contributed by atoms with Crippen molar-refractivity contribution < 1.29 is 9.13 Å². The molecule has 6 nitrogen and oxygen atoms in total. The molecule has 0 atom stereocenters. The molecule has 0 spiro atoms. The number of halogens is 1. The molecule has 0 N–H and O–H groups in total. The highest BCUT2D eigenvalue weighted by Crippen LogP contribution is 2.24. The first-order valence-corrected chi connectivity index (χ1v) is 8.71. The zero-order valence-corrected chi connectivity index (χ0v) is 15.2. The number of aromatic nitrogens is 5. The van der Waals surface area contributed by atoms with Crippen LogP contribution in [0.1, 0.15) is 38.4 Å². The van der Waals surface area contributed by atoms with Gasteiger partial charge in [-0.2, -0.15) is 0 Å². The van der Waals surface area contributed by atoms with Crippen LogP contribution in [0.25, 0.3) is 11.5 Å². The second-order valence-electron chi connectivity index (χ2n) is 6.23. The average molecular weight is 355 g/mol. The molecule has 26 heavy (non-hydrogen) atoms. The van der Waals surface area contributed by atoms with Gasteiger partial charge in [0.25, 0.3) is 0 Å². The van der Waals surface area contributed by atoms with E-state index in [9.17, 15) is 4.39 Å². The van der Waals surface area contributed by atoms with E-state index in [0.717, 1.165) is 24.1 Å². The molecule has 7 heteroatoms. The summed E-state index contributed by atoms with van der Waals surface area (Å²) in [5.41, 5.74) is 2.04. The van der Waals surface area contributed by atoms with E-state index in [4.69, 9.17) is 4.74 Å². The van der Waals surface area contributed by atoms with Crippen molar-refractivity contribution in [3.63, 3.8) is 0 Å². The standard InChI is InChI=1S/C19H22FN5O/c1-4-6-14-16(23-12-24-19(14)26-13(2)3)11-25-10-9-22-18(25)17-15(20)7-5-8-21-17/h5,7-10,12-13H,4,6,11H2,1-3H3. The molecule has 0 aliphatic rings. The van der Waals surface area contributed by atoms with E-state index in [0.29, 0.717) is 18.2 Å². The largest absolute Gasteiger partial charge is 0.475 e. The Morgan fingerprint density at radius 2 is 2.00 bits per heavy atom. The molecule has 0 bridgehead atoms. The van der Waals surface area contributed by atoms with Crippen molar-refractivity contribution >= 4 is 0 Å². The normalized spacial score (nSPS) is 11.1. The van der Waals surface area contributed by atoms with Gasteiger partial charge in [-0.1, -0.05) is 13.3 Å². The molecular formula is C19H22FN5O. The number of imidazole rings is 1. The number of rotatable bonds is 7. The summed E-state index contributed by atoms with van der Waals surface area (Å²) >= 11 is 0. The number of nitrogens with zero attached hydrogens (tertiary/aromatic N) is 5. The summed E-state index contributed by atoms with van der Waals surface area (Å²) in [6, 6.07) is 2.94. The Bertz CT molecular complexity index is 878. The maximum absolute atomic E-state index is 14.1. The number of hydrogen-bond acceptors (Lipinski definition) is 5. The first-order chi connectivity index (χ1) is 12.6. The summed E-state index contributed by atoms with van der Waals surface area (Å²) in [5, 5.41) is 0. The van der Waals surface area contributed by atoms with E-state index in [-0.39, 0.29) is 11.8 Å². The molecule has 0 aliphatic carbocycles. The van der Waals surface area contributed by atoms with Crippen LogP contribution < -0.4 is 4.74 Å². The summed E-state index contributed by atoms with van der Waals surface area (Å²) in [7, 11) is 0. The van der Waals surface area contributed by atoms with Gasteiger partial charge in [0, 0.05) is 24.2 Å². The Kier molecular flexibility index (Phi) is 5.55. The molecule has 0 saturated heterocycles. The van der Waals surface area contributed by atoms with E-state index >= 15 is 0 Å². The van der Waals surface area contributed by atoms with Gasteiger partial charge in [0.15, 0.2) is 11.6 Å².